The molecule has 0 fully saturated rings. The number of carbonyl (C=O) groups excluding carboxylic acids is 1. The quantitative estimate of drug-likeness (QED) is 0.763. The van der Waals surface area contributed by atoms with Crippen LogP contribution in [-0.2, 0) is 0 Å². The highest BCUT2D eigenvalue weighted by Gasteiger charge is 2.07. The molecule has 14 heavy (non-hydrogen) atoms. The number of Topliss-reactive ketones (excluding diaryl/α,β-unsaturated/α-hetero) is 1. The number of ketones is 1. The summed E-state index contributed by atoms with van der Waals surface area (Å²) in [7, 11) is 1.89. The van der Waals surface area contributed by atoms with Gasteiger partial charge in [-0.2, -0.15) is 0 Å². The molecule has 0 atom stereocenters. The lowest BCUT2D eigenvalue weighted by molar-refractivity contribution is 0.102. The molecule has 2 aromatic rings. The van der Waals surface area contributed by atoms with Gasteiger partial charge in [-0.25, -0.2) is 0 Å². The van der Waals surface area contributed by atoms with Crippen molar-refractivity contribution in [3.8, 4) is 0 Å². The Balaban J connectivity index is 2.70. The number of nitrogens with one attached hydrogen (secondary N) is 1. The summed E-state index contributed by atoms with van der Waals surface area (Å²) >= 11 is 1.55. The van der Waals surface area contributed by atoms with Crippen LogP contribution in [0.2, 0.25) is 0 Å². The molecule has 0 spiro atoms. The van der Waals surface area contributed by atoms with Gasteiger partial charge in [0.15, 0.2) is 5.78 Å². The van der Waals surface area contributed by atoms with Crippen LogP contribution >= 0.6 is 11.3 Å². The van der Waals surface area contributed by atoms with Gasteiger partial charge in [-0.05, 0) is 25.1 Å². The molecule has 0 bridgehead atoms. The Morgan fingerprint density at radius 2 is 2.21 bits per heavy atom. The number of thiophene rings is 1. The summed E-state index contributed by atoms with van der Waals surface area (Å²) in [5.41, 5.74) is 1.08. The number of hydrogen-bond donors (Lipinski definition) is 1. The second-order valence-electron chi connectivity index (χ2n) is 3.13. The second kappa shape index (κ2) is 3.42. The van der Waals surface area contributed by atoms with E-state index >= 15 is 0 Å². The molecule has 3 heteroatoms. The Morgan fingerprint density at radius 1 is 1.43 bits per heavy atom. The van der Waals surface area contributed by atoms with E-state index in [2.05, 4.69) is 5.32 Å². The number of benzene rings is 1. The Labute approximate surface area is 86.6 Å². The van der Waals surface area contributed by atoms with Crippen molar-refractivity contribution in [1.29, 1.82) is 0 Å². The molecule has 0 amide bonds. The van der Waals surface area contributed by atoms with E-state index in [1.54, 1.807) is 18.3 Å². The fourth-order valence-electron chi connectivity index (χ4n) is 1.45. The van der Waals surface area contributed by atoms with Gasteiger partial charge in [-0.3, -0.25) is 4.79 Å². The van der Waals surface area contributed by atoms with Gasteiger partial charge in [0.2, 0.25) is 0 Å². The first kappa shape index (κ1) is 9.21. The third-order valence-electron chi connectivity index (χ3n) is 2.18. The molecule has 72 valence electrons. The van der Waals surface area contributed by atoms with Crippen molar-refractivity contribution in [2.24, 2.45) is 0 Å². The van der Waals surface area contributed by atoms with Crippen molar-refractivity contribution in [2.75, 3.05) is 12.4 Å². The SMILES string of the molecule is CNc1cccc2sc(C(C)=O)cc12. The third-order valence-corrected chi connectivity index (χ3v) is 3.38. The molecule has 0 saturated carbocycles. The van der Waals surface area contributed by atoms with E-state index in [0.29, 0.717) is 0 Å². The highest BCUT2D eigenvalue weighted by Crippen LogP contribution is 2.31. The summed E-state index contributed by atoms with van der Waals surface area (Å²) in [6.07, 6.45) is 0. The maximum absolute atomic E-state index is 11.2. The first-order valence-corrected chi connectivity index (χ1v) is 5.25. The Kier molecular flexibility index (Phi) is 2.25. The van der Waals surface area contributed by atoms with E-state index in [1.807, 2.05) is 31.3 Å². The smallest absolute Gasteiger partial charge is 0.169 e. The molecule has 1 N–H and O–H groups in total. The summed E-state index contributed by atoms with van der Waals surface area (Å²) in [6, 6.07) is 8.00. The number of hydrogen-bond acceptors (Lipinski definition) is 3. The van der Waals surface area contributed by atoms with Gasteiger partial charge in [0.05, 0.1) is 4.88 Å². The monoisotopic (exact) mass is 205 g/mol. The molecule has 0 unspecified atom stereocenters. The predicted octanol–water partition coefficient (Wildman–Crippen LogP) is 3.15. The van der Waals surface area contributed by atoms with Gasteiger partial charge < -0.3 is 5.32 Å². The molecule has 0 saturated heterocycles. The molecule has 0 aliphatic heterocycles. The van der Waals surface area contributed by atoms with Crippen LogP contribution in [-0.4, -0.2) is 12.8 Å². The fourth-order valence-corrected chi connectivity index (χ4v) is 2.44. The minimum Gasteiger partial charge on any atom is -0.388 e. The number of anilines is 1. The third kappa shape index (κ3) is 1.40. The molecule has 1 aromatic heterocycles. The second-order valence-corrected chi connectivity index (χ2v) is 4.22. The zero-order chi connectivity index (χ0) is 10.1. The molecule has 0 aliphatic carbocycles. The van der Waals surface area contributed by atoms with Gasteiger partial charge in [-0.15, -0.1) is 11.3 Å². The lowest BCUT2D eigenvalue weighted by atomic mass is 10.2. The average Bonchev–Trinajstić information content (AvgIpc) is 2.60. The van der Waals surface area contributed by atoms with E-state index in [1.165, 1.54) is 0 Å². The Bertz CT molecular complexity index is 487. The zero-order valence-electron chi connectivity index (χ0n) is 8.13. The van der Waals surface area contributed by atoms with Crippen LogP contribution in [0.1, 0.15) is 16.6 Å². The van der Waals surface area contributed by atoms with E-state index in [4.69, 9.17) is 0 Å². The van der Waals surface area contributed by atoms with Crippen LogP contribution in [0.5, 0.6) is 0 Å². The standard InChI is InChI=1S/C11H11NOS/c1-7(13)11-6-8-9(12-2)4-3-5-10(8)14-11/h3-6,12H,1-2H3. The van der Waals surface area contributed by atoms with Crippen LogP contribution in [0.4, 0.5) is 5.69 Å². The zero-order valence-corrected chi connectivity index (χ0v) is 8.94. The molecule has 1 aromatic carbocycles. The summed E-state index contributed by atoms with van der Waals surface area (Å²) in [4.78, 5) is 12.0. The summed E-state index contributed by atoms with van der Waals surface area (Å²) < 4.78 is 1.15. The largest absolute Gasteiger partial charge is 0.388 e. The van der Waals surface area contributed by atoms with Crippen LogP contribution in [0.3, 0.4) is 0 Å². The lowest BCUT2D eigenvalue weighted by Crippen LogP contribution is -1.87. The number of rotatable bonds is 2. The van der Waals surface area contributed by atoms with Gasteiger partial charge >= 0.3 is 0 Å². The summed E-state index contributed by atoms with van der Waals surface area (Å²) in [5.74, 6) is 0.133. The van der Waals surface area contributed by atoms with Crippen LogP contribution in [0, 0.1) is 0 Å². The normalized spacial score (nSPS) is 10.4. The highest BCUT2D eigenvalue weighted by atomic mass is 32.1. The maximum Gasteiger partial charge on any atom is 0.169 e. The topological polar surface area (TPSA) is 29.1 Å². The van der Waals surface area contributed by atoms with E-state index < -0.39 is 0 Å². The maximum atomic E-state index is 11.2. The van der Waals surface area contributed by atoms with E-state index in [-0.39, 0.29) is 5.78 Å². The van der Waals surface area contributed by atoms with Crippen molar-refractivity contribution in [2.45, 2.75) is 6.92 Å². The minimum atomic E-state index is 0.133. The molecule has 0 aliphatic rings. The number of carbonyl (C=O) groups is 1. The van der Waals surface area contributed by atoms with Crippen molar-refractivity contribution < 1.29 is 4.79 Å². The Hall–Kier alpha value is -1.35. The van der Waals surface area contributed by atoms with Crippen molar-refractivity contribution in [3.63, 3.8) is 0 Å². The summed E-state index contributed by atoms with van der Waals surface area (Å²) in [6.45, 7) is 1.60. The Morgan fingerprint density at radius 3 is 2.86 bits per heavy atom. The first-order chi connectivity index (χ1) is 6.72. The van der Waals surface area contributed by atoms with Crippen LogP contribution < -0.4 is 5.32 Å². The first-order valence-electron chi connectivity index (χ1n) is 4.43. The van der Waals surface area contributed by atoms with Gasteiger partial charge in [-0.1, -0.05) is 6.07 Å². The van der Waals surface area contributed by atoms with E-state index in [0.717, 1.165) is 20.7 Å². The summed E-state index contributed by atoms with van der Waals surface area (Å²) in [5, 5.41) is 4.25. The van der Waals surface area contributed by atoms with E-state index in [9.17, 15) is 4.79 Å². The van der Waals surface area contributed by atoms with Crippen LogP contribution in [0.15, 0.2) is 24.3 Å². The van der Waals surface area contributed by atoms with Gasteiger partial charge in [0.1, 0.15) is 0 Å². The minimum absolute atomic E-state index is 0.133. The van der Waals surface area contributed by atoms with Gasteiger partial charge in [0.25, 0.3) is 0 Å². The van der Waals surface area contributed by atoms with Crippen LogP contribution in [0.25, 0.3) is 10.1 Å². The highest BCUT2D eigenvalue weighted by molar-refractivity contribution is 7.20. The van der Waals surface area contributed by atoms with Crippen molar-refractivity contribution in [1.82, 2.24) is 0 Å². The molecule has 1 heterocycles. The molecular weight excluding hydrogens is 194 g/mol. The van der Waals surface area contributed by atoms with Crippen molar-refractivity contribution in [3.05, 3.63) is 29.1 Å². The number of fused-ring (bicyclic) bond motifs is 1. The fraction of sp³-hybridized carbons (Fsp3) is 0.182. The molecule has 0 radical (unpaired) electrons. The molecular formula is C11H11NOS. The van der Waals surface area contributed by atoms with Gasteiger partial charge in [0, 0.05) is 22.8 Å². The van der Waals surface area contributed by atoms with Crippen molar-refractivity contribution >= 4 is 32.9 Å². The average molecular weight is 205 g/mol. The molecule has 2 nitrogen and oxygen atoms in total. The predicted molar refractivity (Wildman–Crippen MR) is 61.4 cm³/mol. The molecule has 2 rings (SSSR count). The lowest BCUT2D eigenvalue weighted by Gasteiger charge is -1.99.